The van der Waals surface area contributed by atoms with Gasteiger partial charge in [0.25, 0.3) is 5.91 Å². The molecule has 13 heteroatoms. The molecule has 1 aliphatic heterocycles. The molecule has 4 rings (SSSR count). The minimum Gasteiger partial charge on any atom is -0.490 e. The number of ether oxygens (including phenoxy) is 2. The van der Waals surface area contributed by atoms with Gasteiger partial charge < -0.3 is 30.1 Å². The monoisotopic (exact) mass is 684 g/mol. The number of halogens is 1. The topological polar surface area (TPSA) is 138 Å². The van der Waals surface area contributed by atoms with Gasteiger partial charge in [-0.15, -0.1) is 0 Å². The summed E-state index contributed by atoms with van der Waals surface area (Å²) < 4.78 is 53.8. The number of benzene rings is 3. The first-order valence-corrected chi connectivity index (χ1v) is 17.5. The SMILES string of the molecule is C[C@H]1CCCCO[C@H](CN(C)S(=O)(=O)c2ccccc2)[C@@H](C)CN([C@@H](C)CO)C(=O)c2cc(NC(=O)Nc3ccc(F)cc3)ccc2O1. The Kier molecular flexibility index (Phi) is 12.9. The Morgan fingerprint density at radius 3 is 2.40 bits per heavy atom. The number of amides is 3. The van der Waals surface area contributed by atoms with Crippen LogP contribution in [0.15, 0.2) is 77.7 Å². The number of fused-ring (bicyclic) bond motifs is 1. The fraction of sp³-hybridized carbons (Fsp3) is 0.429. The third kappa shape index (κ3) is 9.75. The van der Waals surface area contributed by atoms with Crippen LogP contribution < -0.4 is 15.4 Å². The van der Waals surface area contributed by atoms with Gasteiger partial charge >= 0.3 is 6.03 Å². The van der Waals surface area contributed by atoms with Gasteiger partial charge in [-0.3, -0.25) is 4.79 Å². The van der Waals surface area contributed by atoms with Crippen molar-refractivity contribution < 1.29 is 37.0 Å². The number of hydrogen-bond donors (Lipinski definition) is 3. The summed E-state index contributed by atoms with van der Waals surface area (Å²) in [4.78, 5) is 28.8. The lowest BCUT2D eigenvalue weighted by molar-refractivity contribution is -0.00833. The number of urea groups is 1. The molecule has 0 radical (unpaired) electrons. The molecule has 1 heterocycles. The molecule has 4 atom stereocenters. The number of rotatable bonds is 8. The van der Waals surface area contributed by atoms with Crippen LogP contribution in [-0.4, -0.2) is 86.3 Å². The van der Waals surface area contributed by atoms with Crippen molar-refractivity contribution >= 4 is 33.3 Å². The summed E-state index contributed by atoms with van der Waals surface area (Å²) in [5.74, 6) is -0.879. The van der Waals surface area contributed by atoms with Crippen LogP contribution in [0.1, 0.15) is 50.4 Å². The van der Waals surface area contributed by atoms with Crippen LogP contribution in [0.5, 0.6) is 5.75 Å². The first-order chi connectivity index (χ1) is 22.9. The van der Waals surface area contributed by atoms with Gasteiger partial charge in [-0.1, -0.05) is 25.1 Å². The van der Waals surface area contributed by atoms with Gasteiger partial charge in [0.15, 0.2) is 0 Å². The van der Waals surface area contributed by atoms with E-state index >= 15 is 0 Å². The van der Waals surface area contributed by atoms with Crippen molar-refractivity contribution in [3.8, 4) is 5.75 Å². The van der Waals surface area contributed by atoms with E-state index in [0.717, 1.165) is 12.8 Å². The molecule has 0 aliphatic carbocycles. The molecule has 0 bridgehead atoms. The fourth-order valence-corrected chi connectivity index (χ4v) is 6.62. The Balaban J connectivity index is 1.62. The summed E-state index contributed by atoms with van der Waals surface area (Å²) in [6.07, 6.45) is 1.37. The number of aliphatic hydroxyl groups excluding tert-OH is 1. The third-order valence-electron chi connectivity index (χ3n) is 8.30. The second-order valence-corrected chi connectivity index (χ2v) is 14.2. The van der Waals surface area contributed by atoms with Gasteiger partial charge in [0, 0.05) is 44.0 Å². The zero-order valence-corrected chi connectivity index (χ0v) is 28.6. The third-order valence-corrected chi connectivity index (χ3v) is 10.1. The summed E-state index contributed by atoms with van der Waals surface area (Å²) >= 11 is 0. The van der Waals surface area contributed by atoms with Gasteiger partial charge in [0.2, 0.25) is 10.0 Å². The number of likely N-dealkylation sites (N-methyl/N-ethyl adjacent to an activating group) is 1. The van der Waals surface area contributed by atoms with Gasteiger partial charge in [-0.05, 0) is 87.7 Å². The molecule has 0 saturated carbocycles. The quantitative estimate of drug-likeness (QED) is 0.282. The van der Waals surface area contributed by atoms with Crippen LogP contribution >= 0.6 is 0 Å². The van der Waals surface area contributed by atoms with Crippen LogP contribution in [0.2, 0.25) is 0 Å². The highest BCUT2D eigenvalue weighted by molar-refractivity contribution is 7.89. The molecule has 3 aromatic carbocycles. The molecule has 0 saturated heterocycles. The molecule has 3 aromatic rings. The average Bonchev–Trinajstić information content (AvgIpc) is 3.07. The maximum Gasteiger partial charge on any atom is 0.323 e. The molecule has 0 spiro atoms. The average molecular weight is 685 g/mol. The summed E-state index contributed by atoms with van der Waals surface area (Å²) in [7, 11) is -2.28. The van der Waals surface area contributed by atoms with E-state index in [1.165, 1.54) is 46.6 Å². The lowest BCUT2D eigenvalue weighted by Crippen LogP contribution is -2.48. The highest BCUT2D eigenvalue weighted by Crippen LogP contribution is 2.29. The molecule has 3 amide bonds. The van der Waals surface area contributed by atoms with E-state index in [1.807, 2.05) is 13.8 Å². The fourth-order valence-electron chi connectivity index (χ4n) is 5.41. The van der Waals surface area contributed by atoms with Crippen molar-refractivity contribution in [2.24, 2.45) is 5.92 Å². The Morgan fingerprint density at radius 2 is 1.71 bits per heavy atom. The molecule has 0 fully saturated rings. The van der Waals surface area contributed by atoms with Crippen LogP contribution in [0.4, 0.5) is 20.6 Å². The number of aliphatic hydroxyl groups is 1. The van der Waals surface area contributed by atoms with E-state index in [-0.39, 0.29) is 42.2 Å². The summed E-state index contributed by atoms with van der Waals surface area (Å²) in [5, 5.41) is 15.5. The van der Waals surface area contributed by atoms with Crippen molar-refractivity contribution in [1.29, 1.82) is 0 Å². The van der Waals surface area contributed by atoms with Gasteiger partial charge in [0.1, 0.15) is 11.6 Å². The number of nitrogens with zero attached hydrogens (tertiary/aromatic N) is 2. The zero-order chi connectivity index (χ0) is 34.8. The Morgan fingerprint density at radius 1 is 1.04 bits per heavy atom. The van der Waals surface area contributed by atoms with Crippen LogP contribution in [0, 0.1) is 11.7 Å². The minimum absolute atomic E-state index is 0.0568. The summed E-state index contributed by atoms with van der Waals surface area (Å²) in [6, 6.07) is 17.1. The normalized spacial score (nSPS) is 20.3. The summed E-state index contributed by atoms with van der Waals surface area (Å²) in [6.45, 7) is 5.79. The van der Waals surface area contributed by atoms with Crippen LogP contribution in [0.3, 0.4) is 0 Å². The first-order valence-electron chi connectivity index (χ1n) is 16.1. The molecule has 260 valence electrons. The second-order valence-electron chi connectivity index (χ2n) is 12.2. The number of hydrogen-bond acceptors (Lipinski definition) is 7. The predicted octanol–water partition coefficient (Wildman–Crippen LogP) is 5.59. The summed E-state index contributed by atoms with van der Waals surface area (Å²) in [5.41, 5.74) is 0.890. The number of carbonyl (C=O) groups excluding carboxylic acids is 2. The highest BCUT2D eigenvalue weighted by Gasteiger charge is 2.32. The zero-order valence-electron chi connectivity index (χ0n) is 27.8. The van der Waals surface area contributed by atoms with E-state index in [4.69, 9.17) is 9.47 Å². The Labute approximate surface area is 282 Å². The lowest BCUT2D eigenvalue weighted by Gasteiger charge is -2.35. The van der Waals surface area contributed by atoms with E-state index < -0.39 is 39.9 Å². The minimum atomic E-state index is -3.79. The molecular formula is C35H45FN4O7S. The molecule has 0 unspecified atom stereocenters. The van der Waals surface area contributed by atoms with E-state index in [9.17, 15) is 27.5 Å². The Hall–Kier alpha value is -4.04. The molecule has 1 aliphatic rings. The van der Waals surface area contributed by atoms with Crippen molar-refractivity contribution in [3.05, 3.63) is 84.2 Å². The number of carbonyl (C=O) groups is 2. The number of nitrogens with one attached hydrogen (secondary N) is 2. The standard InChI is InChI=1S/C35H45FN4O7S/c1-24-21-40(25(2)23-41)34(42)31-20-29(38-35(43)37-28-15-13-27(36)14-16-28)17-18-32(31)47-26(3)10-8-9-19-46-33(24)22-39(4)48(44,45)30-11-6-5-7-12-30/h5-7,11-18,20,24-26,33,41H,8-10,19,21-23H2,1-4H3,(H2,37,38,43)/t24-,25-,26-,33+/m0/s1. The molecular weight excluding hydrogens is 639 g/mol. The van der Waals surface area contributed by atoms with Crippen molar-refractivity contribution in [2.75, 3.05) is 44.0 Å². The van der Waals surface area contributed by atoms with Crippen LogP contribution in [-0.2, 0) is 14.8 Å². The van der Waals surface area contributed by atoms with Gasteiger partial charge in [0.05, 0.1) is 35.3 Å². The molecule has 48 heavy (non-hydrogen) atoms. The van der Waals surface area contributed by atoms with Crippen molar-refractivity contribution in [1.82, 2.24) is 9.21 Å². The second kappa shape index (κ2) is 16.9. The smallest absolute Gasteiger partial charge is 0.323 e. The lowest BCUT2D eigenvalue weighted by atomic mass is 10.0. The molecule has 0 aromatic heterocycles. The number of sulfonamides is 1. The molecule has 11 nitrogen and oxygen atoms in total. The van der Waals surface area contributed by atoms with E-state index in [0.29, 0.717) is 30.2 Å². The van der Waals surface area contributed by atoms with Crippen molar-refractivity contribution in [3.63, 3.8) is 0 Å². The highest BCUT2D eigenvalue weighted by atomic mass is 32.2. The largest absolute Gasteiger partial charge is 0.490 e. The first kappa shape index (κ1) is 36.8. The van der Waals surface area contributed by atoms with Gasteiger partial charge in [-0.2, -0.15) is 4.31 Å². The van der Waals surface area contributed by atoms with E-state index in [1.54, 1.807) is 49.4 Å². The van der Waals surface area contributed by atoms with Crippen molar-refractivity contribution in [2.45, 2.75) is 63.2 Å². The van der Waals surface area contributed by atoms with Crippen LogP contribution in [0.25, 0.3) is 0 Å². The predicted molar refractivity (Wildman–Crippen MR) is 182 cm³/mol. The van der Waals surface area contributed by atoms with E-state index in [2.05, 4.69) is 10.6 Å². The van der Waals surface area contributed by atoms with Gasteiger partial charge in [-0.25, -0.2) is 17.6 Å². The number of anilines is 2. The molecule has 3 N–H and O–H groups in total. The maximum absolute atomic E-state index is 14.3. The maximum atomic E-state index is 14.3. The Bertz CT molecular complexity index is 1630.